The summed E-state index contributed by atoms with van der Waals surface area (Å²) in [5.74, 6) is -0.491. The normalized spacial score (nSPS) is 10.7. The Morgan fingerprint density at radius 3 is 2.29 bits per heavy atom. The maximum atomic E-state index is 15.2. The van der Waals surface area contributed by atoms with Crippen LogP contribution in [0, 0.1) is 22.6 Å². The average Bonchev–Trinajstić information content (AvgIpc) is 2.87. The van der Waals surface area contributed by atoms with Crippen molar-refractivity contribution in [3.8, 4) is 11.8 Å². The first-order valence-electron chi connectivity index (χ1n) is 12.6. The molecule has 0 atom stereocenters. The van der Waals surface area contributed by atoms with Crippen molar-refractivity contribution in [2.24, 2.45) is 10.4 Å². The molecule has 0 heterocycles. The largest absolute Gasteiger partial charge is 0.488 e. The van der Waals surface area contributed by atoms with Gasteiger partial charge in [-0.3, -0.25) is 4.99 Å². The maximum absolute atomic E-state index is 15.2. The molecule has 0 aliphatic rings. The minimum absolute atomic E-state index is 0.0822. The highest BCUT2D eigenvalue weighted by atomic mass is 19.1. The number of rotatable bonds is 12. The molecule has 0 fully saturated rings. The van der Waals surface area contributed by atoms with Crippen LogP contribution in [0.15, 0.2) is 48.0 Å². The molecular formula is C29H40FN5O3. The molecule has 2 amide bonds. The van der Waals surface area contributed by atoms with Gasteiger partial charge in [0.2, 0.25) is 0 Å². The summed E-state index contributed by atoms with van der Waals surface area (Å²) < 4.78 is 25.7. The predicted octanol–water partition coefficient (Wildman–Crippen LogP) is 7.13. The van der Waals surface area contributed by atoms with Crippen molar-refractivity contribution in [1.82, 2.24) is 5.32 Å². The number of carbonyl (C=O) groups is 1. The third kappa shape index (κ3) is 11.0. The quantitative estimate of drug-likeness (QED) is 0.202. The fourth-order valence-electron chi connectivity index (χ4n) is 3.02. The van der Waals surface area contributed by atoms with Crippen LogP contribution < -0.4 is 20.7 Å². The minimum atomic E-state index is -0.573. The van der Waals surface area contributed by atoms with Gasteiger partial charge in [-0.25, -0.2) is 9.18 Å². The second-order valence-corrected chi connectivity index (χ2v) is 9.01. The van der Waals surface area contributed by atoms with Gasteiger partial charge in [-0.2, -0.15) is 5.26 Å². The van der Waals surface area contributed by atoms with E-state index in [-0.39, 0.29) is 24.0 Å². The van der Waals surface area contributed by atoms with Crippen LogP contribution in [0.5, 0.6) is 5.75 Å². The molecule has 0 aliphatic carbocycles. The summed E-state index contributed by atoms with van der Waals surface area (Å²) in [6, 6.07) is 11.9. The molecule has 2 aromatic carbocycles. The number of hydrogen-bond acceptors (Lipinski definition) is 6. The lowest BCUT2D eigenvalue weighted by Gasteiger charge is -2.16. The third-order valence-corrected chi connectivity index (χ3v) is 4.98. The summed E-state index contributed by atoms with van der Waals surface area (Å²) >= 11 is 0. The van der Waals surface area contributed by atoms with E-state index in [1.54, 1.807) is 50.6 Å². The van der Waals surface area contributed by atoms with E-state index < -0.39 is 11.2 Å². The van der Waals surface area contributed by atoms with Crippen LogP contribution in [0.25, 0.3) is 5.70 Å². The van der Waals surface area contributed by atoms with Crippen molar-refractivity contribution in [3.05, 3.63) is 54.4 Å². The van der Waals surface area contributed by atoms with Gasteiger partial charge in [0, 0.05) is 36.9 Å². The Morgan fingerprint density at radius 1 is 1.13 bits per heavy atom. The predicted molar refractivity (Wildman–Crippen MR) is 154 cm³/mol. The Morgan fingerprint density at radius 2 is 1.74 bits per heavy atom. The van der Waals surface area contributed by atoms with Crippen LogP contribution in [0.1, 0.15) is 53.0 Å². The number of amides is 2. The van der Waals surface area contributed by atoms with Crippen LogP contribution in [0.3, 0.4) is 0 Å². The Kier molecular flexibility index (Phi) is 14.2. The fraction of sp³-hybridized carbons (Fsp3) is 0.414. The summed E-state index contributed by atoms with van der Waals surface area (Å²) in [6.07, 6.45) is 3.37. The van der Waals surface area contributed by atoms with E-state index in [0.717, 1.165) is 0 Å². The molecule has 2 rings (SSSR count). The molecule has 0 saturated heterocycles. The molecule has 0 aromatic heterocycles. The fourth-order valence-corrected chi connectivity index (χ4v) is 3.02. The smallest absolute Gasteiger partial charge is 0.319 e. The van der Waals surface area contributed by atoms with E-state index in [2.05, 4.69) is 47.4 Å². The second kappa shape index (κ2) is 16.8. The summed E-state index contributed by atoms with van der Waals surface area (Å²) in [6.45, 7) is 14.5. The summed E-state index contributed by atoms with van der Waals surface area (Å²) in [5.41, 5.74) is 1.64. The zero-order chi connectivity index (χ0) is 28.6. The van der Waals surface area contributed by atoms with Gasteiger partial charge in [0.1, 0.15) is 6.61 Å². The van der Waals surface area contributed by atoms with Crippen molar-refractivity contribution in [3.63, 3.8) is 0 Å². The van der Waals surface area contributed by atoms with Gasteiger partial charge >= 0.3 is 6.03 Å². The molecule has 38 heavy (non-hydrogen) atoms. The lowest BCUT2D eigenvalue weighted by atomic mass is 9.92. The van der Waals surface area contributed by atoms with Gasteiger partial charge in [0.05, 0.1) is 29.3 Å². The standard InChI is InChI=1S/C26H32FN5O3.C3H8/c1-6-29-21-11-12-22(35-16-15-34-5)24(27)23(21)18(2)31-19-7-9-20(10-8-19)32-25(33)30-14-13-26(3,4)17-28;1-3-2/h6-12,31H,2,13-16H2,1,3-5H3,(H2,30,32,33);3H2,1-2H3. The highest BCUT2D eigenvalue weighted by Gasteiger charge is 2.18. The van der Waals surface area contributed by atoms with Crippen LogP contribution >= 0.6 is 0 Å². The summed E-state index contributed by atoms with van der Waals surface area (Å²) in [7, 11) is 1.54. The number of methoxy groups -OCH3 is 1. The van der Waals surface area contributed by atoms with Gasteiger partial charge in [-0.1, -0.05) is 26.8 Å². The van der Waals surface area contributed by atoms with Crippen molar-refractivity contribution < 1.29 is 18.7 Å². The van der Waals surface area contributed by atoms with Gasteiger partial charge in [-0.05, 0) is 63.6 Å². The topological polar surface area (TPSA) is 108 Å². The first-order valence-corrected chi connectivity index (χ1v) is 12.6. The summed E-state index contributed by atoms with van der Waals surface area (Å²) in [5, 5.41) is 17.6. The minimum Gasteiger partial charge on any atom is -0.488 e. The first-order chi connectivity index (χ1) is 18.1. The lowest BCUT2D eigenvalue weighted by molar-refractivity contribution is 0.144. The van der Waals surface area contributed by atoms with Crippen molar-refractivity contribution in [2.45, 2.75) is 47.5 Å². The second-order valence-electron chi connectivity index (χ2n) is 9.01. The number of carbonyl (C=O) groups excluding carboxylic acids is 1. The maximum Gasteiger partial charge on any atom is 0.319 e. The molecule has 0 radical (unpaired) electrons. The molecule has 0 saturated carbocycles. The Labute approximate surface area is 226 Å². The number of nitrogens with one attached hydrogen (secondary N) is 3. The Bertz CT molecular complexity index is 1110. The molecule has 0 bridgehead atoms. The van der Waals surface area contributed by atoms with E-state index in [9.17, 15) is 4.79 Å². The van der Waals surface area contributed by atoms with E-state index >= 15 is 4.39 Å². The molecule has 206 valence electrons. The zero-order valence-corrected chi connectivity index (χ0v) is 23.3. The number of nitrogens with zero attached hydrogens (tertiary/aromatic N) is 2. The zero-order valence-electron chi connectivity index (χ0n) is 23.3. The van der Waals surface area contributed by atoms with E-state index in [1.807, 2.05) is 13.8 Å². The number of nitriles is 1. The van der Waals surface area contributed by atoms with Crippen molar-refractivity contribution in [1.29, 1.82) is 5.26 Å². The van der Waals surface area contributed by atoms with Crippen LogP contribution in [0.2, 0.25) is 0 Å². The Balaban J connectivity index is 0.00000229. The highest BCUT2D eigenvalue weighted by Crippen LogP contribution is 2.34. The van der Waals surface area contributed by atoms with E-state index in [4.69, 9.17) is 14.7 Å². The number of anilines is 2. The number of ether oxygens (including phenoxy) is 2. The lowest BCUT2D eigenvalue weighted by Crippen LogP contribution is -2.31. The van der Waals surface area contributed by atoms with E-state index in [0.29, 0.717) is 42.3 Å². The van der Waals surface area contributed by atoms with Crippen molar-refractivity contribution in [2.75, 3.05) is 37.5 Å². The highest BCUT2D eigenvalue weighted by molar-refractivity contribution is 5.90. The number of urea groups is 1. The molecule has 0 spiro atoms. The molecule has 8 nitrogen and oxygen atoms in total. The summed E-state index contributed by atoms with van der Waals surface area (Å²) in [4.78, 5) is 16.3. The van der Waals surface area contributed by atoms with Gasteiger partial charge < -0.3 is 25.4 Å². The molecular weight excluding hydrogens is 485 g/mol. The molecule has 0 unspecified atom stereocenters. The third-order valence-electron chi connectivity index (χ3n) is 4.98. The number of benzene rings is 2. The number of halogens is 1. The Hall–Kier alpha value is -3.90. The van der Waals surface area contributed by atoms with Gasteiger partial charge in [0.15, 0.2) is 11.6 Å². The number of hydrogen-bond donors (Lipinski definition) is 3. The van der Waals surface area contributed by atoms with Crippen molar-refractivity contribution >= 4 is 35.0 Å². The van der Waals surface area contributed by atoms with Crippen LogP contribution in [-0.4, -0.2) is 39.1 Å². The molecule has 0 aliphatic heterocycles. The number of aliphatic imine (C=N–C) groups is 1. The van der Waals surface area contributed by atoms with E-state index in [1.165, 1.54) is 12.5 Å². The first kappa shape index (κ1) is 32.1. The SMILES string of the molecule is C=C(Nc1ccc(NC(=O)NCCC(C)(C)C#N)cc1)c1c(N=CC)ccc(OCCOC)c1F.CCC. The molecule has 3 N–H and O–H groups in total. The molecule has 2 aromatic rings. The van der Waals surface area contributed by atoms with Crippen LogP contribution in [0.4, 0.5) is 26.2 Å². The van der Waals surface area contributed by atoms with Gasteiger partial charge in [-0.15, -0.1) is 0 Å². The average molecular weight is 526 g/mol. The van der Waals surface area contributed by atoms with Gasteiger partial charge in [0.25, 0.3) is 0 Å². The van der Waals surface area contributed by atoms with Crippen LogP contribution in [-0.2, 0) is 4.74 Å². The molecule has 9 heteroatoms. The monoisotopic (exact) mass is 525 g/mol.